The molecular formula is C24H22ClIN4O5. The van der Waals surface area contributed by atoms with Crippen LogP contribution in [0.3, 0.4) is 0 Å². The van der Waals surface area contributed by atoms with E-state index in [0.29, 0.717) is 28.7 Å². The van der Waals surface area contributed by atoms with E-state index in [4.69, 9.17) is 21.1 Å². The van der Waals surface area contributed by atoms with Gasteiger partial charge in [-0.2, -0.15) is 5.10 Å². The Bertz CT molecular complexity index is 1200. The van der Waals surface area contributed by atoms with E-state index in [0.717, 1.165) is 14.8 Å². The minimum atomic E-state index is -0.445. The first-order valence-corrected chi connectivity index (χ1v) is 11.9. The lowest BCUT2D eigenvalue weighted by Gasteiger charge is -2.14. The van der Waals surface area contributed by atoms with Crippen LogP contribution in [0.4, 0.5) is 11.4 Å². The van der Waals surface area contributed by atoms with Gasteiger partial charge in [-0.05, 0) is 89.2 Å². The van der Waals surface area contributed by atoms with Gasteiger partial charge >= 0.3 is 0 Å². The maximum absolute atomic E-state index is 12.0. The van der Waals surface area contributed by atoms with Crippen LogP contribution in [0.2, 0.25) is 5.02 Å². The maximum atomic E-state index is 12.0. The van der Waals surface area contributed by atoms with Gasteiger partial charge in [0.2, 0.25) is 0 Å². The predicted molar refractivity (Wildman–Crippen MR) is 143 cm³/mol. The fraction of sp³-hybridized carbons (Fsp3) is 0.167. The van der Waals surface area contributed by atoms with Gasteiger partial charge in [-0.1, -0.05) is 11.6 Å². The van der Waals surface area contributed by atoms with Crippen molar-refractivity contribution in [3.05, 3.63) is 90.5 Å². The third kappa shape index (κ3) is 8.11. The van der Waals surface area contributed by atoms with E-state index in [1.54, 1.807) is 42.5 Å². The molecule has 0 bridgehead atoms. The average Bonchev–Trinajstić information content (AvgIpc) is 2.83. The average molecular weight is 609 g/mol. The van der Waals surface area contributed by atoms with E-state index in [2.05, 4.69) is 38.4 Å². The van der Waals surface area contributed by atoms with Crippen molar-refractivity contribution in [3.63, 3.8) is 0 Å². The second-order valence-corrected chi connectivity index (χ2v) is 8.73. The second-order valence-electron chi connectivity index (χ2n) is 7.13. The molecular weight excluding hydrogens is 587 g/mol. The van der Waals surface area contributed by atoms with Gasteiger partial charge in [0.1, 0.15) is 6.61 Å². The fourth-order valence-corrected chi connectivity index (χ4v) is 3.81. The van der Waals surface area contributed by atoms with Gasteiger partial charge in [0, 0.05) is 22.8 Å². The quantitative estimate of drug-likeness (QED) is 0.131. The monoisotopic (exact) mass is 608 g/mol. The maximum Gasteiger partial charge on any atom is 0.269 e. The van der Waals surface area contributed by atoms with Crippen molar-refractivity contribution in [2.45, 2.75) is 13.5 Å². The highest BCUT2D eigenvalue weighted by Crippen LogP contribution is 2.34. The molecule has 3 aromatic rings. The largest absolute Gasteiger partial charge is 0.490 e. The molecule has 0 fully saturated rings. The Morgan fingerprint density at radius 3 is 2.51 bits per heavy atom. The number of nitro groups is 1. The topological polar surface area (TPSA) is 115 Å². The number of hydrazone groups is 1. The highest BCUT2D eigenvalue weighted by Gasteiger charge is 2.13. The number of nitro benzene ring substituents is 1. The van der Waals surface area contributed by atoms with Gasteiger partial charge in [0.25, 0.3) is 11.6 Å². The Balaban J connectivity index is 1.60. The standard InChI is InChI=1S/C24H22ClIN4O5/c1-2-34-22-12-17(13-28-29-23(31)14-27-19-7-5-18(25)6-8-19)11-21(26)24(22)35-15-16-3-9-20(10-4-16)30(32)33/h3-13,27H,2,14-15H2,1H3,(H,29,31)/b28-13-. The van der Waals surface area contributed by atoms with E-state index in [9.17, 15) is 14.9 Å². The zero-order chi connectivity index (χ0) is 25.2. The highest BCUT2D eigenvalue weighted by atomic mass is 127. The molecule has 0 saturated heterocycles. The lowest BCUT2D eigenvalue weighted by molar-refractivity contribution is -0.384. The van der Waals surface area contributed by atoms with Crippen LogP contribution in [0, 0.1) is 13.7 Å². The molecule has 0 radical (unpaired) electrons. The molecule has 9 nitrogen and oxygen atoms in total. The molecule has 0 spiro atoms. The molecule has 0 saturated carbocycles. The number of amides is 1. The molecule has 3 rings (SSSR count). The van der Waals surface area contributed by atoms with Crippen molar-refractivity contribution in [3.8, 4) is 11.5 Å². The number of halogens is 2. The number of non-ortho nitro benzene ring substituents is 1. The summed E-state index contributed by atoms with van der Waals surface area (Å²) < 4.78 is 12.5. The first-order valence-electron chi connectivity index (χ1n) is 10.5. The molecule has 0 aliphatic rings. The first kappa shape index (κ1) is 26.2. The molecule has 1 amide bonds. The third-order valence-electron chi connectivity index (χ3n) is 4.56. The molecule has 35 heavy (non-hydrogen) atoms. The molecule has 0 atom stereocenters. The summed E-state index contributed by atoms with van der Waals surface area (Å²) in [5, 5.41) is 18.4. The van der Waals surface area contributed by atoms with Crippen LogP contribution in [-0.4, -0.2) is 30.2 Å². The lowest BCUT2D eigenvalue weighted by Crippen LogP contribution is -2.25. The summed E-state index contributed by atoms with van der Waals surface area (Å²) in [5.41, 5.74) is 4.77. The number of benzene rings is 3. The number of ether oxygens (including phenoxy) is 2. The molecule has 0 heterocycles. The van der Waals surface area contributed by atoms with Crippen molar-refractivity contribution in [2.75, 3.05) is 18.5 Å². The third-order valence-corrected chi connectivity index (χ3v) is 5.62. The number of hydrogen-bond donors (Lipinski definition) is 2. The summed E-state index contributed by atoms with van der Waals surface area (Å²) in [6, 6.07) is 16.8. The predicted octanol–water partition coefficient (Wildman–Crippen LogP) is 5.39. The van der Waals surface area contributed by atoms with Crippen molar-refractivity contribution in [1.82, 2.24) is 5.43 Å². The van der Waals surface area contributed by atoms with Gasteiger partial charge in [0.15, 0.2) is 11.5 Å². The smallest absolute Gasteiger partial charge is 0.269 e. The van der Waals surface area contributed by atoms with Crippen LogP contribution in [0.15, 0.2) is 65.8 Å². The number of nitrogens with one attached hydrogen (secondary N) is 2. The number of nitrogens with zero attached hydrogens (tertiary/aromatic N) is 2. The van der Waals surface area contributed by atoms with Gasteiger partial charge in [-0.15, -0.1) is 0 Å². The lowest BCUT2D eigenvalue weighted by atomic mass is 10.2. The van der Waals surface area contributed by atoms with Gasteiger partial charge in [-0.3, -0.25) is 14.9 Å². The van der Waals surface area contributed by atoms with E-state index in [-0.39, 0.29) is 24.7 Å². The van der Waals surface area contributed by atoms with Crippen LogP contribution < -0.4 is 20.2 Å². The number of hydrogen-bond acceptors (Lipinski definition) is 7. The molecule has 2 N–H and O–H groups in total. The summed E-state index contributed by atoms with van der Waals surface area (Å²) in [6.45, 7) is 2.56. The molecule has 0 aliphatic heterocycles. The van der Waals surface area contributed by atoms with Gasteiger partial charge < -0.3 is 14.8 Å². The van der Waals surface area contributed by atoms with Gasteiger partial charge in [0.05, 0.1) is 27.9 Å². The zero-order valence-corrected chi connectivity index (χ0v) is 21.6. The van der Waals surface area contributed by atoms with Gasteiger partial charge in [-0.25, -0.2) is 5.43 Å². The molecule has 11 heteroatoms. The van der Waals surface area contributed by atoms with Crippen molar-refractivity contribution < 1.29 is 19.2 Å². The SMILES string of the molecule is CCOc1cc(/C=N\NC(=O)CNc2ccc(Cl)cc2)cc(I)c1OCc1ccc([N+](=O)[O-])cc1. The summed E-state index contributed by atoms with van der Waals surface area (Å²) >= 11 is 7.98. The Kier molecular flexibility index (Phi) is 9.67. The molecule has 3 aromatic carbocycles. The van der Waals surface area contributed by atoms with Crippen LogP contribution in [0.25, 0.3) is 0 Å². The van der Waals surface area contributed by atoms with Crippen LogP contribution >= 0.6 is 34.2 Å². The molecule has 0 aromatic heterocycles. The Labute approximate surface area is 220 Å². The Morgan fingerprint density at radius 1 is 1.14 bits per heavy atom. The molecule has 182 valence electrons. The Hall–Kier alpha value is -3.38. The summed E-state index contributed by atoms with van der Waals surface area (Å²) in [5.74, 6) is 0.775. The number of rotatable bonds is 11. The molecule has 0 unspecified atom stereocenters. The first-order chi connectivity index (χ1) is 16.9. The van der Waals surface area contributed by atoms with Crippen LogP contribution in [0.1, 0.15) is 18.1 Å². The summed E-state index contributed by atoms with van der Waals surface area (Å²) in [6.07, 6.45) is 1.52. The van der Waals surface area contributed by atoms with E-state index < -0.39 is 4.92 Å². The normalized spacial score (nSPS) is 10.7. The van der Waals surface area contributed by atoms with E-state index >= 15 is 0 Å². The minimum Gasteiger partial charge on any atom is -0.490 e. The zero-order valence-electron chi connectivity index (χ0n) is 18.7. The van der Waals surface area contributed by atoms with E-state index in [1.807, 2.05) is 13.0 Å². The van der Waals surface area contributed by atoms with Crippen molar-refractivity contribution >= 4 is 57.7 Å². The summed E-state index contributed by atoms with van der Waals surface area (Å²) in [4.78, 5) is 22.4. The van der Waals surface area contributed by atoms with E-state index in [1.165, 1.54) is 18.3 Å². The fourth-order valence-electron chi connectivity index (χ4n) is 2.90. The van der Waals surface area contributed by atoms with Crippen molar-refractivity contribution in [2.24, 2.45) is 5.10 Å². The number of carbonyl (C=O) groups is 1. The highest BCUT2D eigenvalue weighted by molar-refractivity contribution is 14.1. The number of carbonyl (C=O) groups excluding carboxylic acids is 1. The second kappa shape index (κ2) is 12.9. The Morgan fingerprint density at radius 2 is 1.86 bits per heavy atom. The minimum absolute atomic E-state index is 0.0230. The van der Waals surface area contributed by atoms with Crippen LogP contribution in [-0.2, 0) is 11.4 Å². The number of anilines is 1. The molecule has 0 aliphatic carbocycles. The van der Waals surface area contributed by atoms with Crippen LogP contribution in [0.5, 0.6) is 11.5 Å². The summed E-state index contributed by atoms with van der Waals surface area (Å²) in [7, 11) is 0. The van der Waals surface area contributed by atoms with Crippen molar-refractivity contribution in [1.29, 1.82) is 0 Å².